The fourth-order valence-electron chi connectivity index (χ4n) is 2.89. The average Bonchev–Trinajstić information content (AvgIpc) is 3.20. The van der Waals surface area contributed by atoms with Gasteiger partial charge in [-0.3, -0.25) is 14.3 Å². The third-order valence-electron chi connectivity index (χ3n) is 4.48. The molecule has 0 bridgehead atoms. The molecule has 1 amide bonds. The van der Waals surface area contributed by atoms with Crippen molar-refractivity contribution in [2.45, 2.75) is 30.8 Å². The second kappa shape index (κ2) is 8.53. The highest BCUT2D eigenvalue weighted by Gasteiger charge is 2.17. The van der Waals surface area contributed by atoms with E-state index in [1.54, 1.807) is 12.1 Å². The van der Waals surface area contributed by atoms with Crippen molar-refractivity contribution in [3.63, 3.8) is 0 Å². The molecule has 2 aromatic rings. The lowest BCUT2D eigenvalue weighted by molar-refractivity contribution is 0.0857. The highest BCUT2D eigenvalue weighted by atomic mass is 32.2. The average molecular weight is 402 g/mol. The van der Waals surface area contributed by atoms with Gasteiger partial charge in [-0.05, 0) is 56.2 Å². The van der Waals surface area contributed by atoms with Gasteiger partial charge in [0.15, 0.2) is 5.78 Å². The summed E-state index contributed by atoms with van der Waals surface area (Å²) in [5.74, 6) is -0.366. The molecule has 1 heterocycles. The zero-order valence-electron chi connectivity index (χ0n) is 15.5. The van der Waals surface area contributed by atoms with E-state index < -0.39 is 10.0 Å². The number of carbonyl (C=O) groups is 2. The Morgan fingerprint density at radius 1 is 1.04 bits per heavy atom. The summed E-state index contributed by atoms with van der Waals surface area (Å²) in [5, 5.41) is 2.82. The lowest BCUT2D eigenvalue weighted by atomic mass is 10.2. The minimum Gasteiger partial charge on any atom is -0.376 e. The molecule has 1 aliphatic heterocycles. The summed E-state index contributed by atoms with van der Waals surface area (Å²) >= 11 is 0. The standard InChI is InChI=1S/C20H22N2O5S/c1-14(23)15-6-10-19(11-7-15)28(25,26)22-17-8-4-16(5-9-17)20(24)21-13-18-3-2-12-27-18/h4-11,18,22H,2-3,12-13H2,1H3,(H,21,24). The Morgan fingerprint density at radius 2 is 1.68 bits per heavy atom. The number of carbonyl (C=O) groups excluding carboxylic acids is 2. The zero-order valence-corrected chi connectivity index (χ0v) is 16.3. The van der Waals surface area contributed by atoms with Crippen LogP contribution in [0, 0.1) is 0 Å². The van der Waals surface area contributed by atoms with Gasteiger partial charge in [0.25, 0.3) is 15.9 Å². The topological polar surface area (TPSA) is 102 Å². The van der Waals surface area contributed by atoms with Crippen LogP contribution in [0.5, 0.6) is 0 Å². The number of nitrogens with one attached hydrogen (secondary N) is 2. The van der Waals surface area contributed by atoms with Crippen molar-refractivity contribution in [2.75, 3.05) is 17.9 Å². The lowest BCUT2D eigenvalue weighted by Gasteiger charge is -2.12. The molecule has 7 nitrogen and oxygen atoms in total. The Morgan fingerprint density at radius 3 is 2.25 bits per heavy atom. The van der Waals surface area contributed by atoms with Crippen LogP contribution in [0.4, 0.5) is 5.69 Å². The minimum atomic E-state index is -3.79. The Bertz CT molecular complexity index is 947. The predicted molar refractivity (Wildman–Crippen MR) is 105 cm³/mol. The van der Waals surface area contributed by atoms with Crippen LogP contribution < -0.4 is 10.0 Å². The Balaban J connectivity index is 1.62. The summed E-state index contributed by atoms with van der Waals surface area (Å²) < 4.78 is 32.9. The van der Waals surface area contributed by atoms with Crippen molar-refractivity contribution < 1.29 is 22.7 Å². The summed E-state index contributed by atoms with van der Waals surface area (Å²) in [6.45, 7) is 2.61. The van der Waals surface area contributed by atoms with Gasteiger partial charge < -0.3 is 10.1 Å². The van der Waals surface area contributed by atoms with E-state index in [1.165, 1.54) is 43.3 Å². The number of Topliss-reactive ketones (excluding diaryl/α,β-unsaturated/α-hetero) is 1. The van der Waals surface area contributed by atoms with E-state index >= 15 is 0 Å². The van der Waals surface area contributed by atoms with E-state index in [2.05, 4.69) is 10.0 Å². The number of ketones is 1. The second-order valence-corrected chi connectivity index (χ2v) is 8.29. The fourth-order valence-corrected chi connectivity index (χ4v) is 3.95. The SMILES string of the molecule is CC(=O)c1ccc(S(=O)(=O)Nc2ccc(C(=O)NCC3CCCO3)cc2)cc1. The number of anilines is 1. The van der Waals surface area contributed by atoms with Crippen LogP contribution in [0.3, 0.4) is 0 Å². The van der Waals surface area contributed by atoms with Crippen LogP contribution in [0.25, 0.3) is 0 Å². The molecule has 0 spiro atoms. The molecule has 1 unspecified atom stereocenters. The van der Waals surface area contributed by atoms with Crippen LogP contribution in [0.1, 0.15) is 40.5 Å². The van der Waals surface area contributed by atoms with E-state index in [1.807, 2.05) is 0 Å². The molecule has 28 heavy (non-hydrogen) atoms. The quantitative estimate of drug-likeness (QED) is 0.693. The van der Waals surface area contributed by atoms with E-state index in [9.17, 15) is 18.0 Å². The molecule has 2 N–H and O–H groups in total. The van der Waals surface area contributed by atoms with Crippen molar-refractivity contribution in [1.82, 2.24) is 5.32 Å². The molecule has 1 aliphatic rings. The number of rotatable bonds is 7. The Hall–Kier alpha value is -2.71. The Labute approximate surface area is 164 Å². The van der Waals surface area contributed by atoms with Crippen molar-refractivity contribution in [3.05, 3.63) is 59.7 Å². The lowest BCUT2D eigenvalue weighted by Crippen LogP contribution is -2.31. The molecule has 1 atom stereocenters. The van der Waals surface area contributed by atoms with Crippen LogP contribution in [0.15, 0.2) is 53.4 Å². The maximum Gasteiger partial charge on any atom is 0.261 e. The van der Waals surface area contributed by atoms with Crippen molar-refractivity contribution in [1.29, 1.82) is 0 Å². The van der Waals surface area contributed by atoms with E-state index in [0.717, 1.165) is 19.4 Å². The minimum absolute atomic E-state index is 0.0517. The van der Waals surface area contributed by atoms with Gasteiger partial charge in [0.2, 0.25) is 0 Å². The first-order chi connectivity index (χ1) is 13.3. The van der Waals surface area contributed by atoms with Crippen molar-refractivity contribution >= 4 is 27.4 Å². The van der Waals surface area contributed by atoms with Crippen molar-refractivity contribution in [3.8, 4) is 0 Å². The monoisotopic (exact) mass is 402 g/mol. The normalized spacial score (nSPS) is 16.5. The molecule has 8 heteroatoms. The maximum atomic E-state index is 12.5. The molecule has 0 radical (unpaired) electrons. The Kier molecular flexibility index (Phi) is 6.11. The van der Waals surface area contributed by atoms with Crippen LogP contribution in [0.2, 0.25) is 0 Å². The molecule has 2 aromatic carbocycles. The maximum absolute atomic E-state index is 12.5. The van der Waals surface area contributed by atoms with Gasteiger partial charge in [-0.2, -0.15) is 0 Å². The van der Waals surface area contributed by atoms with Gasteiger partial charge in [-0.1, -0.05) is 12.1 Å². The molecule has 148 valence electrons. The summed E-state index contributed by atoms with van der Waals surface area (Å²) in [6, 6.07) is 11.9. The van der Waals surface area contributed by atoms with Gasteiger partial charge in [-0.25, -0.2) is 8.42 Å². The number of benzene rings is 2. The largest absolute Gasteiger partial charge is 0.376 e. The molecular formula is C20H22N2O5S. The van der Waals surface area contributed by atoms with Gasteiger partial charge >= 0.3 is 0 Å². The molecule has 3 rings (SSSR count). The predicted octanol–water partition coefficient (Wildman–Crippen LogP) is 2.60. The highest BCUT2D eigenvalue weighted by Crippen LogP contribution is 2.18. The third kappa shape index (κ3) is 4.96. The molecule has 0 saturated carbocycles. The summed E-state index contributed by atoms with van der Waals surface area (Å²) in [4.78, 5) is 23.5. The smallest absolute Gasteiger partial charge is 0.261 e. The van der Waals surface area contributed by atoms with E-state index in [0.29, 0.717) is 23.4 Å². The van der Waals surface area contributed by atoms with Gasteiger partial charge in [0.05, 0.1) is 11.0 Å². The van der Waals surface area contributed by atoms with Crippen molar-refractivity contribution in [2.24, 2.45) is 0 Å². The summed E-state index contributed by atoms with van der Waals surface area (Å²) in [6.07, 6.45) is 2.01. The number of hydrogen-bond acceptors (Lipinski definition) is 5. The number of ether oxygens (including phenoxy) is 1. The summed E-state index contributed by atoms with van der Waals surface area (Å²) in [7, 11) is -3.79. The van der Waals surface area contributed by atoms with Crippen LogP contribution in [-0.2, 0) is 14.8 Å². The highest BCUT2D eigenvalue weighted by molar-refractivity contribution is 7.92. The molecular weight excluding hydrogens is 380 g/mol. The van der Waals surface area contributed by atoms with Gasteiger partial charge in [0, 0.05) is 30.0 Å². The van der Waals surface area contributed by atoms with Crippen LogP contribution in [-0.4, -0.2) is 39.4 Å². The summed E-state index contributed by atoms with van der Waals surface area (Å²) in [5.41, 5.74) is 1.22. The van der Waals surface area contributed by atoms with Gasteiger partial charge in [0.1, 0.15) is 0 Å². The first-order valence-electron chi connectivity index (χ1n) is 8.99. The first kappa shape index (κ1) is 20.0. The molecule has 0 aliphatic carbocycles. The van der Waals surface area contributed by atoms with E-state index in [-0.39, 0.29) is 22.7 Å². The second-order valence-electron chi connectivity index (χ2n) is 6.61. The first-order valence-corrected chi connectivity index (χ1v) is 10.5. The number of sulfonamides is 1. The van der Waals surface area contributed by atoms with Gasteiger partial charge in [-0.15, -0.1) is 0 Å². The number of amides is 1. The van der Waals surface area contributed by atoms with E-state index in [4.69, 9.17) is 4.74 Å². The molecule has 1 fully saturated rings. The van der Waals surface area contributed by atoms with Crippen LogP contribution >= 0.6 is 0 Å². The number of hydrogen-bond donors (Lipinski definition) is 2. The molecule has 1 saturated heterocycles. The fraction of sp³-hybridized carbons (Fsp3) is 0.300. The third-order valence-corrected chi connectivity index (χ3v) is 5.88. The molecule has 0 aromatic heterocycles. The zero-order chi connectivity index (χ0) is 20.1.